The van der Waals surface area contributed by atoms with Crippen molar-refractivity contribution in [2.45, 2.75) is 26.3 Å². The van der Waals surface area contributed by atoms with Crippen LogP contribution in [0.3, 0.4) is 0 Å². The van der Waals surface area contributed by atoms with Gasteiger partial charge in [-0.25, -0.2) is 0 Å². The molecule has 19 heavy (non-hydrogen) atoms. The molecule has 0 fully saturated rings. The maximum absolute atomic E-state index is 11.2. The van der Waals surface area contributed by atoms with Gasteiger partial charge in [0.25, 0.3) is 5.89 Å². The van der Waals surface area contributed by atoms with Gasteiger partial charge in [0.1, 0.15) is 0 Å². The Labute approximate surface area is 121 Å². The molecule has 1 N–H and O–H groups in total. The number of hydrogen-bond donors (Lipinski definition) is 1. The number of thiophene rings is 1. The number of ketones is 1. The van der Waals surface area contributed by atoms with Gasteiger partial charge < -0.3 is 9.84 Å². The van der Waals surface area contributed by atoms with Gasteiger partial charge in [0, 0.05) is 23.4 Å². The predicted molar refractivity (Wildman–Crippen MR) is 77.1 cm³/mol. The number of rotatable bonds is 5. The Balaban J connectivity index is 0.00000180. The van der Waals surface area contributed by atoms with Crippen LogP contribution in [0.5, 0.6) is 0 Å². The first-order valence-corrected chi connectivity index (χ1v) is 6.57. The van der Waals surface area contributed by atoms with E-state index < -0.39 is 0 Å². The second-order valence-electron chi connectivity index (χ2n) is 4.17. The molecule has 2 aromatic rings. The minimum absolute atomic E-state index is 0. The highest BCUT2D eigenvalue weighted by Gasteiger charge is 2.14. The van der Waals surface area contributed by atoms with Crippen LogP contribution in [0.25, 0.3) is 10.8 Å². The molecule has 0 amide bonds. The highest BCUT2D eigenvalue weighted by molar-refractivity contribution is 7.13. The maximum atomic E-state index is 11.2. The summed E-state index contributed by atoms with van der Waals surface area (Å²) >= 11 is 1.44. The zero-order valence-electron chi connectivity index (χ0n) is 11.0. The maximum Gasteiger partial charge on any atom is 0.268 e. The molecule has 0 aromatic carbocycles. The first-order valence-electron chi connectivity index (χ1n) is 5.70. The van der Waals surface area contributed by atoms with Gasteiger partial charge in [-0.15, -0.1) is 23.7 Å². The van der Waals surface area contributed by atoms with E-state index >= 15 is 0 Å². The van der Waals surface area contributed by atoms with E-state index in [-0.39, 0.29) is 18.2 Å². The smallest absolute Gasteiger partial charge is 0.268 e. The number of nitrogens with zero attached hydrogens (tertiary/aromatic N) is 2. The van der Waals surface area contributed by atoms with E-state index in [1.54, 1.807) is 18.4 Å². The van der Waals surface area contributed by atoms with Gasteiger partial charge in [-0.05, 0) is 27.0 Å². The lowest BCUT2D eigenvalue weighted by Crippen LogP contribution is -2.24. The van der Waals surface area contributed by atoms with Crippen molar-refractivity contribution < 1.29 is 9.32 Å². The molecule has 2 heterocycles. The lowest BCUT2D eigenvalue weighted by atomic mass is 10.2. The van der Waals surface area contributed by atoms with Crippen LogP contribution in [0, 0.1) is 0 Å². The van der Waals surface area contributed by atoms with E-state index in [0.717, 1.165) is 4.88 Å². The third kappa shape index (κ3) is 3.86. The summed E-state index contributed by atoms with van der Waals surface area (Å²) in [5.74, 6) is 1.19. The summed E-state index contributed by atoms with van der Waals surface area (Å²) in [4.78, 5) is 16.4. The molecule has 104 valence electrons. The zero-order valence-corrected chi connectivity index (χ0v) is 12.6. The second kappa shape index (κ2) is 6.79. The first kappa shape index (κ1) is 15.8. The average molecular weight is 302 g/mol. The van der Waals surface area contributed by atoms with Crippen LogP contribution in [-0.4, -0.2) is 29.0 Å². The summed E-state index contributed by atoms with van der Waals surface area (Å²) in [7, 11) is 1.89. The first-order chi connectivity index (χ1) is 8.60. The van der Waals surface area contributed by atoms with Crippen LogP contribution < -0.4 is 5.32 Å². The number of hydrogen-bond acceptors (Lipinski definition) is 6. The van der Waals surface area contributed by atoms with Gasteiger partial charge in [0.2, 0.25) is 0 Å². The number of nitrogens with one attached hydrogen (secondary N) is 1. The minimum atomic E-state index is 0. The summed E-state index contributed by atoms with van der Waals surface area (Å²) in [5.41, 5.74) is 0.679. The number of aromatic nitrogens is 2. The summed E-state index contributed by atoms with van der Waals surface area (Å²) in [6, 6.07) is 2.08. The molecule has 1 unspecified atom stereocenters. The van der Waals surface area contributed by atoms with Crippen molar-refractivity contribution in [2.75, 3.05) is 7.05 Å². The lowest BCUT2D eigenvalue weighted by Gasteiger charge is -2.04. The van der Waals surface area contributed by atoms with Crippen LogP contribution in [-0.2, 0) is 6.42 Å². The Morgan fingerprint density at radius 3 is 2.89 bits per heavy atom. The molecular formula is C12H16ClN3O2S. The molecule has 0 spiro atoms. The Hall–Kier alpha value is -1.24. The average Bonchev–Trinajstić information content (AvgIpc) is 2.96. The van der Waals surface area contributed by atoms with Crippen molar-refractivity contribution in [1.29, 1.82) is 0 Å². The van der Waals surface area contributed by atoms with Crippen LogP contribution in [0.4, 0.5) is 0 Å². The number of carbonyl (C=O) groups excluding carboxylic acids is 1. The van der Waals surface area contributed by atoms with E-state index in [0.29, 0.717) is 29.7 Å². The molecule has 2 rings (SSSR count). The summed E-state index contributed by atoms with van der Waals surface area (Å²) in [6.45, 7) is 3.59. The van der Waals surface area contributed by atoms with Crippen molar-refractivity contribution in [3.8, 4) is 10.8 Å². The Bertz CT molecular complexity index is 553. The normalized spacial score (nSPS) is 11.9. The molecule has 7 heteroatoms. The molecule has 0 radical (unpaired) electrons. The highest BCUT2D eigenvalue weighted by Crippen LogP contribution is 2.26. The quantitative estimate of drug-likeness (QED) is 0.860. The number of carbonyl (C=O) groups is 1. The fourth-order valence-electron chi connectivity index (χ4n) is 1.45. The van der Waals surface area contributed by atoms with Gasteiger partial charge in [-0.1, -0.05) is 5.16 Å². The zero-order chi connectivity index (χ0) is 13.1. The van der Waals surface area contributed by atoms with Crippen LogP contribution in [0.15, 0.2) is 16.0 Å². The minimum Gasteiger partial charge on any atom is -0.333 e. The van der Waals surface area contributed by atoms with Crippen molar-refractivity contribution in [3.05, 3.63) is 22.8 Å². The molecule has 2 aromatic heterocycles. The van der Waals surface area contributed by atoms with Gasteiger partial charge in [-0.2, -0.15) is 4.98 Å². The molecule has 0 aliphatic heterocycles. The Morgan fingerprint density at radius 1 is 1.58 bits per heavy atom. The largest absolute Gasteiger partial charge is 0.333 e. The summed E-state index contributed by atoms with van der Waals surface area (Å²) in [6.07, 6.45) is 0.713. The SMILES string of the molecule is CNC(C)Cc1noc(-c2cc(C(C)=O)cs2)n1.Cl. The fraction of sp³-hybridized carbons (Fsp3) is 0.417. The highest BCUT2D eigenvalue weighted by atomic mass is 35.5. The summed E-state index contributed by atoms with van der Waals surface area (Å²) < 4.78 is 5.20. The van der Waals surface area contributed by atoms with Crippen molar-refractivity contribution in [1.82, 2.24) is 15.5 Å². The molecule has 0 saturated carbocycles. The molecule has 0 aliphatic carbocycles. The Morgan fingerprint density at radius 2 is 2.32 bits per heavy atom. The fourth-order valence-corrected chi connectivity index (χ4v) is 2.31. The van der Waals surface area contributed by atoms with E-state index in [1.165, 1.54) is 11.3 Å². The van der Waals surface area contributed by atoms with E-state index in [4.69, 9.17) is 4.52 Å². The van der Waals surface area contributed by atoms with Gasteiger partial charge in [0.05, 0.1) is 4.88 Å². The van der Waals surface area contributed by atoms with Crippen molar-refractivity contribution >= 4 is 29.5 Å². The van der Waals surface area contributed by atoms with E-state index in [2.05, 4.69) is 22.4 Å². The molecule has 5 nitrogen and oxygen atoms in total. The standard InChI is InChI=1S/C12H15N3O2S.ClH/c1-7(13-3)4-11-14-12(17-15-11)10-5-9(6-18-10)8(2)16;/h5-7,13H,4H2,1-3H3;1H. The van der Waals surface area contributed by atoms with Gasteiger partial charge >= 0.3 is 0 Å². The third-order valence-corrected chi connectivity index (χ3v) is 3.58. The second-order valence-corrected chi connectivity index (χ2v) is 5.08. The van der Waals surface area contributed by atoms with Crippen molar-refractivity contribution in [2.24, 2.45) is 0 Å². The molecule has 0 bridgehead atoms. The van der Waals surface area contributed by atoms with Crippen molar-refractivity contribution in [3.63, 3.8) is 0 Å². The van der Waals surface area contributed by atoms with Crippen LogP contribution >= 0.6 is 23.7 Å². The summed E-state index contributed by atoms with van der Waals surface area (Å²) in [5, 5.41) is 8.85. The molecule has 0 saturated heterocycles. The molecular weight excluding hydrogens is 286 g/mol. The predicted octanol–water partition coefficient (Wildman–Crippen LogP) is 2.57. The monoisotopic (exact) mass is 301 g/mol. The topological polar surface area (TPSA) is 68.0 Å². The lowest BCUT2D eigenvalue weighted by molar-refractivity contribution is 0.101. The van der Waals surface area contributed by atoms with E-state index in [9.17, 15) is 4.79 Å². The number of halogens is 1. The third-order valence-electron chi connectivity index (χ3n) is 2.67. The van der Waals surface area contributed by atoms with E-state index in [1.807, 2.05) is 7.05 Å². The van der Waals surface area contributed by atoms with Crippen LogP contribution in [0.1, 0.15) is 30.0 Å². The van der Waals surface area contributed by atoms with Crippen LogP contribution in [0.2, 0.25) is 0 Å². The number of Topliss-reactive ketones (excluding diaryl/α,β-unsaturated/α-hetero) is 1. The van der Waals surface area contributed by atoms with Gasteiger partial charge in [0.15, 0.2) is 11.6 Å². The Kier molecular flexibility index (Phi) is 5.65. The van der Waals surface area contributed by atoms with Gasteiger partial charge in [-0.3, -0.25) is 4.79 Å². The molecule has 1 atom stereocenters. The number of likely N-dealkylation sites (N-methyl/N-ethyl adjacent to an activating group) is 1. The molecule has 0 aliphatic rings.